The van der Waals surface area contributed by atoms with Gasteiger partial charge in [0.25, 0.3) is 0 Å². The van der Waals surface area contributed by atoms with Gasteiger partial charge in [0.1, 0.15) is 11.7 Å². The predicted octanol–water partition coefficient (Wildman–Crippen LogP) is 4.32. The highest BCUT2D eigenvalue weighted by molar-refractivity contribution is 6.15. The third-order valence-corrected chi connectivity index (χ3v) is 5.04. The summed E-state index contributed by atoms with van der Waals surface area (Å²) in [5, 5.41) is 20.6. The van der Waals surface area contributed by atoms with Crippen LogP contribution in [-0.4, -0.2) is 29.1 Å². The van der Waals surface area contributed by atoms with Gasteiger partial charge in [-0.05, 0) is 48.5 Å². The second-order valence-electron chi connectivity index (χ2n) is 7.12. The highest BCUT2D eigenvalue weighted by Gasteiger charge is 2.37. The van der Waals surface area contributed by atoms with E-state index in [0.29, 0.717) is 28.7 Å². The molecule has 2 amide bonds. The summed E-state index contributed by atoms with van der Waals surface area (Å²) in [6, 6.07) is 6.88. The van der Waals surface area contributed by atoms with Crippen LogP contribution in [0.25, 0.3) is 0 Å². The van der Waals surface area contributed by atoms with E-state index in [1.807, 2.05) is 0 Å². The lowest BCUT2D eigenvalue weighted by atomic mass is 10.1. The lowest BCUT2D eigenvalue weighted by molar-refractivity contribution is -0.138. The number of hydrogen-bond acceptors (Lipinski definition) is 5. The summed E-state index contributed by atoms with van der Waals surface area (Å²) in [5.74, 6) is -2.53. The Hall–Kier alpha value is -4.55. The molecule has 1 unspecified atom stereocenters. The van der Waals surface area contributed by atoms with Crippen molar-refractivity contribution in [1.82, 2.24) is 0 Å². The highest BCUT2D eigenvalue weighted by atomic mass is 19.4. The molecule has 2 heterocycles. The maximum absolute atomic E-state index is 14.4. The molecule has 2 aromatic carbocycles. The van der Waals surface area contributed by atoms with Crippen molar-refractivity contribution >= 4 is 40.8 Å². The smallest absolute Gasteiger partial charge is 0.416 e. The molecule has 0 aliphatic carbocycles. The fraction of sp³-hybridized carbons (Fsp3) is 0.0952. The number of nitrogens with two attached hydrogens (primary N) is 1. The van der Waals surface area contributed by atoms with Gasteiger partial charge in [0.05, 0.1) is 28.8 Å². The number of benzene rings is 2. The molecule has 4 rings (SSSR count). The number of halogens is 4. The fourth-order valence-corrected chi connectivity index (χ4v) is 3.51. The largest absolute Gasteiger partial charge is 0.478 e. The van der Waals surface area contributed by atoms with Crippen LogP contribution in [0.4, 0.5) is 45.3 Å². The predicted molar refractivity (Wildman–Crippen MR) is 113 cm³/mol. The number of anilines is 4. The first-order valence-corrected chi connectivity index (χ1v) is 9.50. The number of nitrogens with zero attached hydrogens (tertiary/aromatic N) is 2. The van der Waals surface area contributed by atoms with Crippen LogP contribution >= 0.6 is 0 Å². The number of aliphatic carboxylic acids is 1. The number of carbonyl (C=O) groups excluding carboxylic acids is 1. The number of rotatable bonds is 4. The first kappa shape index (κ1) is 22.6. The Morgan fingerprint density at radius 3 is 2.41 bits per heavy atom. The number of carboxylic acids is 1. The van der Waals surface area contributed by atoms with Crippen LogP contribution in [0.5, 0.6) is 0 Å². The van der Waals surface area contributed by atoms with E-state index in [1.54, 1.807) is 0 Å². The summed E-state index contributed by atoms with van der Waals surface area (Å²) < 4.78 is 58.8. The molecule has 0 bridgehead atoms. The van der Waals surface area contributed by atoms with Crippen molar-refractivity contribution in [3.8, 4) is 0 Å². The van der Waals surface area contributed by atoms with Crippen LogP contribution < -0.4 is 20.9 Å². The van der Waals surface area contributed by atoms with Gasteiger partial charge in [-0.3, -0.25) is 15.2 Å². The van der Waals surface area contributed by atoms with Gasteiger partial charge in [-0.25, -0.2) is 14.0 Å². The molecule has 0 radical (unpaired) electrons. The van der Waals surface area contributed by atoms with E-state index in [1.165, 1.54) is 36.6 Å². The zero-order valence-electron chi connectivity index (χ0n) is 16.9. The number of amidine groups is 1. The highest BCUT2D eigenvalue weighted by Crippen LogP contribution is 2.37. The molecule has 1 aromatic heterocycles. The summed E-state index contributed by atoms with van der Waals surface area (Å²) in [6.45, 7) is 0. The third kappa shape index (κ3) is 3.87. The molecular formula is C21H15F4N5O4. The first-order valence-electron chi connectivity index (χ1n) is 9.50. The average molecular weight is 477 g/mol. The number of amides is 2. The number of alkyl halides is 3. The van der Waals surface area contributed by atoms with E-state index in [2.05, 4.69) is 5.32 Å². The normalized spacial score (nSPS) is 15.5. The second-order valence-corrected chi connectivity index (χ2v) is 7.12. The Kier molecular flexibility index (Phi) is 5.39. The van der Waals surface area contributed by atoms with E-state index in [4.69, 9.17) is 15.6 Å². The fourth-order valence-electron chi connectivity index (χ4n) is 3.51. The molecule has 9 nitrogen and oxygen atoms in total. The number of urea groups is 1. The molecule has 0 saturated carbocycles. The molecular weight excluding hydrogens is 462 g/mol. The molecule has 1 aliphatic heterocycles. The number of hydrogen-bond donors (Lipinski definition) is 4. The Morgan fingerprint density at radius 2 is 1.82 bits per heavy atom. The van der Waals surface area contributed by atoms with Crippen molar-refractivity contribution in [3.63, 3.8) is 0 Å². The average Bonchev–Trinajstić information content (AvgIpc) is 3.24. The molecule has 176 valence electrons. The Bertz CT molecular complexity index is 1290. The van der Waals surface area contributed by atoms with E-state index < -0.39 is 41.4 Å². The topological polar surface area (TPSA) is 136 Å². The zero-order valence-corrected chi connectivity index (χ0v) is 16.9. The van der Waals surface area contributed by atoms with E-state index in [9.17, 15) is 32.3 Å². The lowest BCUT2D eigenvalue weighted by Crippen LogP contribution is -2.53. The number of furan rings is 1. The molecule has 0 fully saturated rings. The molecule has 1 aliphatic rings. The third-order valence-electron chi connectivity index (χ3n) is 5.04. The van der Waals surface area contributed by atoms with Gasteiger partial charge in [-0.15, -0.1) is 0 Å². The van der Waals surface area contributed by atoms with Crippen molar-refractivity contribution in [1.29, 1.82) is 5.41 Å². The van der Waals surface area contributed by atoms with Crippen LogP contribution in [0, 0.1) is 11.2 Å². The van der Waals surface area contributed by atoms with Gasteiger partial charge in [0.15, 0.2) is 0 Å². The molecule has 13 heteroatoms. The SMILES string of the molecule is N=C1c2ccoc2NC(C(=O)O)N1c1ccc(N(C(N)=O)c2cc(C(F)(F)F)ccc2F)cc1. The Balaban J connectivity index is 1.73. The molecule has 1 atom stereocenters. The van der Waals surface area contributed by atoms with Gasteiger partial charge in [0.2, 0.25) is 12.0 Å². The van der Waals surface area contributed by atoms with Crippen LogP contribution in [0.2, 0.25) is 0 Å². The van der Waals surface area contributed by atoms with Gasteiger partial charge in [-0.2, -0.15) is 13.2 Å². The second kappa shape index (κ2) is 8.10. The van der Waals surface area contributed by atoms with Crippen molar-refractivity contribution < 1.29 is 36.7 Å². The summed E-state index contributed by atoms with van der Waals surface area (Å²) in [5.41, 5.74) is 3.84. The number of carbonyl (C=O) groups is 2. The number of nitrogens with one attached hydrogen (secondary N) is 2. The Labute approximate surface area is 188 Å². The maximum Gasteiger partial charge on any atom is 0.416 e. The van der Waals surface area contributed by atoms with Gasteiger partial charge in [0, 0.05) is 5.69 Å². The summed E-state index contributed by atoms with van der Waals surface area (Å²) in [7, 11) is 0. The number of primary amides is 1. The monoisotopic (exact) mass is 477 g/mol. The van der Waals surface area contributed by atoms with Crippen molar-refractivity contribution in [2.45, 2.75) is 12.3 Å². The van der Waals surface area contributed by atoms with E-state index >= 15 is 0 Å². The quantitative estimate of drug-likeness (QED) is 0.413. The molecule has 0 saturated heterocycles. The minimum absolute atomic E-state index is 0.0816. The van der Waals surface area contributed by atoms with Crippen molar-refractivity contribution in [2.24, 2.45) is 5.73 Å². The van der Waals surface area contributed by atoms with Crippen LogP contribution in [-0.2, 0) is 11.0 Å². The summed E-state index contributed by atoms with van der Waals surface area (Å²) in [4.78, 5) is 25.5. The molecule has 3 aromatic rings. The van der Waals surface area contributed by atoms with Crippen LogP contribution in [0.1, 0.15) is 11.1 Å². The van der Waals surface area contributed by atoms with Gasteiger partial charge >= 0.3 is 18.2 Å². The first-order chi connectivity index (χ1) is 16.0. The molecule has 0 spiro atoms. The van der Waals surface area contributed by atoms with Crippen molar-refractivity contribution in [2.75, 3.05) is 15.1 Å². The lowest BCUT2D eigenvalue weighted by Gasteiger charge is -2.35. The van der Waals surface area contributed by atoms with Crippen LogP contribution in [0.15, 0.2) is 59.2 Å². The minimum Gasteiger partial charge on any atom is -0.478 e. The standard InChI is InChI=1S/C21H15F4N5O4/c22-14-6-1-10(21(23,24)25)9-15(14)29(20(27)33)11-2-4-12(5-3-11)30-16(26)13-7-8-34-18(13)28-17(30)19(31)32/h1-9,17,26,28H,(H2,27,33)(H,31,32). The Morgan fingerprint density at radius 1 is 1.15 bits per heavy atom. The summed E-state index contributed by atoms with van der Waals surface area (Å²) >= 11 is 0. The minimum atomic E-state index is -4.78. The molecule has 5 N–H and O–H groups in total. The van der Waals surface area contributed by atoms with E-state index in [-0.39, 0.29) is 23.1 Å². The number of fused-ring (bicyclic) bond motifs is 1. The van der Waals surface area contributed by atoms with Gasteiger partial charge in [-0.1, -0.05) is 0 Å². The maximum atomic E-state index is 14.4. The summed E-state index contributed by atoms with van der Waals surface area (Å²) in [6.07, 6.45) is -4.91. The van der Waals surface area contributed by atoms with Crippen LogP contribution in [0.3, 0.4) is 0 Å². The van der Waals surface area contributed by atoms with Crippen molar-refractivity contribution in [3.05, 3.63) is 71.7 Å². The number of carboxylic acid groups (broad SMARTS) is 1. The van der Waals surface area contributed by atoms with Gasteiger partial charge < -0.3 is 20.6 Å². The van der Waals surface area contributed by atoms with E-state index in [0.717, 1.165) is 4.90 Å². The zero-order chi connectivity index (χ0) is 24.8. The molecule has 34 heavy (non-hydrogen) atoms.